The number of aromatic nitrogens is 1. The molecule has 0 bridgehead atoms. The minimum atomic E-state index is -0.541. The molecule has 1 aromatic carbocycles. The van der Waals surface area contributed by atoms with Crippen LogP contribution in [0.5, 0.6) is 0 Å². The van der Waals surface area contributed by atoms with Crippen LogP contribution in [-0.4, -0.2) is 29.8 Å². The van der Waals surface area contributed by atoms with Crippen molar-refractivity contribution in [3.63, 3.8) is 0 Å². The molecular weight excluding hydrogens is 330 g/mol. The molecule has 0 saturated carbocycles. The number of carbonyl (C=O) groups is 2. The number of carbonyl (C=O) groups excluding carboxylic acids is 2. The molecule has 1 aliphatic heterocycles. The Labute approximate surface area is 153 Å². The number of benzene rings is 1. The van der Waals surface area contributed by atoms with Gasteiger partial charge in [-0.2, -0.15) is 4.73 Å². The Morgan fingerprint density at radius 3 is 2.42 bits per heavy atom. The molecule has 0 aliphatic carbocycles. The van der Waals surface area contributed by atoms with Gasteiger partial charge in [-0.25, -0.2) is 0 Å². The normalized spacial score (nSPS) is 19.8. The maximum atomic E-state index is 13.0. The quantitative estimate of drug-likeness (QED) is 0.681. The van der Waals surface area contributed by atoms with Gasteiger partial charge in [0.05, 0.1) is 11.3 Å². The zero-order valence-corrected chi connectivity index (χ0v) is 15.0. The Morgan fingerprint density at radius 2 is 1.73 bits per heavy atom. The molecule has 1 N–H and O–H groups in total. The van der Waals surface area contributed by atoms with Crippen LogP contribution in [0.15, 0.2) is 48.7 Å². The van der Waals surface area contributed by atoms with Crippen molar-refractivity contribution < 1.29 is 14.3 Å². The second-order valence-corrected chi connectivity index (χ2v) is 7.07. The molecular formula is C20H23N3O3. The summed E-state index contributed by atoms with van der Waals surface area (Å²) in [4.78, 5) is 27.3. The molecule has 1 saturated heterocycles. The zero-order chi connectivity index (χ0) is 18.7. The number of nitrogens with one attached hydrogen (secondary N) is 1. The van der Waals surface area contributed by atoms with Gasteiger partial charge in [0, 0.05) is 25.2 Å². The number of pyridine rings is 1. The van der Waals surface area contributed by atoms with Crippen LogP contribution in [-0.2, 0) is 0 Å². The summed E-state index contributed by atoms with van der Waals surface area (Å²) in [5.74, 6) is 0.268. The maximum absolute atomic E-state index is 13.0. The molecule has 2 unspecified atom stereocenters. The first kappa shape index (κ1) is 17.9. The van der Waals surface area contributed by atoms with E-state index in [1.165, 1.54) is 12.3 Å². The van der Waals surface area contributed by atoms with Gasteiger partial charge in [-0.05, 0) is 36.5 Å². The first-order chi connectivity index (χ1) is 12.5. The van der Waals surface area contributed by atoms with E-state index in [4.69, 9.17) is 0 Å². The van der Waals surface area contributed by atoms with Crippen LogP contribution in [0.25, 0.3) is 0 Å². The largest absolute Gasteiger partial charge is 0.618 e. The van der Waals surface area contributed by atoms with Crippen molar-refractivity contribution in [2.45, 2.75) is 20.3 Å². The summed E-state index contributed by atoms with van der Waals surface area (Å²) in [7, 11) is 0. The third kappa shape index (κ3) is 3.85. The number of likely N-dealkylation sites (tertiary alicyclic amines) is 1. The fourth-order valence-electron chi connectivity index (χ4n) is 3.57. The van der Waals surface area contributed by atoms with Gasteiger partial charge >= 0.3 is 5.91 Å². The van der Waals surface area contributed by atoms with Gasteiger partial charge < -0.3 is 15.4 Å². The number of para-hydroxylation sites is 1. The third-order valence-electron chi connectivity index (χ3n) is 4.62. The van der Waals surface area contributed by atoms with Crippen LogP contribution >= 0.6 is 0 Å². The van der Waals surface area contributed by atoms with Gasteiger partial charge in [-0.1, -0.05) is 26.0 Å². The molecule has 2 atom stereocenters. The Hall–Kier alpha value is -2.89. The fraction of sp³-hybridized carbons (Fsp3) is 0.350. The Bertz CT molecular complexity index is 811. The van der Waals surface area contributed by atoms with E-state index in [1.807, 2.05) is 4.90 Å². The lowest BCUT2D eigenvalue weighted by Gasteiger charge is -2.35. The number of nitrogens with zero attached hydrogens (tertiary/aromatic N) is 2. The third-order valence-corrected chi connectivity index (χ3v) is 4.62. The second kappa shape index (κ2) is 7.56. The highest BCUT2D eigenvalue weighted by Crippen LogP contribution is 2.25. The van der Waals surface area contributed by atoms with Crippen molar-refractivity contribution in [1.82, 2.24) is 4.90 Å². The molecule has 26 heavy (non-hydrogen) atoms. The minimum Gasteiger partial charge on any atom is -0.618 e. The standard InChI is InChI=1S/C20H23N3O3/c1-14-11-15(2)13-22(12-14)20(25)16-7-3-4-8-17(16)21-19(24)18-9-5-6-10-23(18)26/h3-10,14-15H,11-13H2,1-2H3,(H,21,24). The molecule has 6 heteroatoms. The first-order valence-electron chi connectivity index (χ1n) is 8.83. The van der Waals surface area contributed by atoms with Crippen LogP contribution in [0.3, 0.4) is 0 Å². The number of hydrogen-bond donors (Lipinski definition) is 1. The maximum Gasteiger partial charge on any atom is 0.321 e. The summed E-state index contributed by atoms with van der Waals surface area (Å²) in [6.45, 7) is 5.72. The molecule has 2 heterocycles. The molecule has 2 amide bonds. The van der Waals surface area contributed by atoms with Crippen molar-refractivity contribution in [2.75, 3.05) is 18.4 Å². The van der Waals surface area contributed by atoms with Crippen LogP contribution in [0.2, 0.25) is 0 Å². The molecule has 0 spiro atoms. The van der Waals surface area contributed by atoms with Crippen molar-refractivity contribution in [3.05, 3.63) is 65.1 Å². The van der Waals surface area contributed by atoms with Gasteiger partial charge in [0.1, 0.15) is 0 Å². The summed E-state index contributed by atoms with van der Waals surface area (Å²) in [6, 6.07) is 11.5. The molecule has 1 fully saturated rings. The minimum absolute atomic E-state index is 0.0185. The van der Waals surface area contributed by atoms with E-state index in [0.29, 0.717) is 40.9 Å². The smallest absolute Gasteiger partial charge is 0.321 e. The molecule has 1 aliphatic rings. The molecule has 3 rings (SSSR count). The Kier molecular flexibility index (Phi) is 5.21. The molecule has 1 aromatic heterocycles. The van der Waals surface area contributed by atoms with Crippen molar-refractivity contribution in [1.29, 1.82) is 0 Å². The topological polar surface area (TPSA) is 76.4 Å². The lowest BCUT2D eigenvalue weighted by atomic mass is 9.91. The van der Waals surface area contributed by atoms with E-state index < -0.39 is 5.91 Å². The van der Waals surface area contributed by atoms with Crippen molar-refractivity contribution in [2.24, 2.45) is 11.8 Å². The molecule has 6 nitrogen and oxygen atoms in total. The van der Waals surface area contributed by atoms with E-state index in [0.717, 1.165) is 6.42 Å². The van der Waals surface area contributed by atoms with E-state index in [9.17, 15) is 14.8 Å². The summed E-state index contributed by atoms with van der Waals surface area (Å²) in [5.41, 5.74) is 0.836. The van der Waals surface area contributed by atoms with Crippen LogP contribution in [0, 0.1) is 17.0 Å². The first-order valence-corrected chi connectivity index (χ1v) is 8.83. The average molecular weight is 353 g/mol. The second-order valence-electron chi connectivity index (χ2n) is 7.07. The lowest BCUT2D eigenvalue weighted by molar-refractivity contribution is -0.607. The van der Waals surface area contributed by atoms with Gasteiger partial charge in [0.2, 0.25) is 0 Å². The Balaban J connectivity index is 1.83. The van der Waals surface area contributed by atoms with Crippen LogP contribution in [0.1, 0.15) is 41.1 Å². The monoisotopic (exact) mass is 353 g/mol. The number of amides is 2. The predicted molar refractivity (Wildman–Crippen MR) is 98.6 cm³/mol. The van der Waals surface area contributed by atoms with Crippen LogP contribution in [0.4, 0.5) is 5.69 Å². The number of rotatable bonds is 3. The summed E-state index contributed by atoms with van der Waals surface area (Å²) >= 11 is 0. The lowest BCUT2D eigenvalue weighted by Crippen LogP contribution is -2.43. The number of anilines is 1. The van der Waals surface area contributed by atoms with Crippen LogP contribution < -0.4 is 10.0 Å². The summed E-state index contributed by atoms with van der Waals surface area (Å²) in [6.07, 6.45) is 2.38. The molecule has 136 valence electrons. The molecule has 2 aromatic rings. The highest BCUT2D eigenvalue weighted by Gasteiger charge is 2.28. The van der Waals surface area contributed by atoms with Gasteiger partial charge in [0.15, 0.2) is 6.20 Å². The van der Waals surface area contributed by atoms with Crippen molar-refractivity contribution in [3.8, 4) is 0 Å². The molecule has 0 radical (unpaired) electrons. The SMILES string of the molecule is CC1CC(C)CN(C(=O)c2ccccc2NC(=O)c2cccc[n+]2[O-])C1. The highest BCUT2D eigenvalue weighted by molar-refractivity contribution is 6.07. The Morgan fingerprint density at radius 1 is 1.08 bits per heavy atom. The fourth-order valence-corrected chi connectivity index (χ4v) is 3.57. The van der Waals surface area contributed by atoms with E-state index in [2.05, 4.69) is 19.2 Å². The van der Waals surface area contributed by atoms with E-state index >= 15 is 0 Å². The van der Waals surface area contributed by atoms with E-state index in [1.54, 1.807) is 36.4 Å². The van der Waals surface area contributed by atoms with Gasteiger partial charge in [-0.15, -0.1) is 0 Å². The zero-order valence-electron chi connectivity index (χ0n) is 15.0. The van der Waals surface area contributed by atoms with Gasteiger partial charge in [0.25, 0.3) is 11.6 Å². The highest BCUT2D eigenvalue weighted by atomic mass is 16.5. The summed E-state index contributed by atoms with van der Waals surface area (Å²) in [5, 5.41) is 14.5. The van der Waals surface area contributed by atoms with Crippen molar-refractivity contribution >= 4 is 17.5 Å². The predicted octanol–water partition coefficient (Wildman–Crippen LogP) is 2.69. The van der Waals surface area contributed by atoms with Gasteiger partial charge in [-0.3, -0.25) is 9.59 Å². The number of piperidine rings is 1. The number of hydrogen-bond acceptors (Lipinski definition) is 3. The average Bonchev–Trinajstić information content (AvgIpc) is 2.61. The van der Waals surface area contributed by atoms with E-state index in [-0.39, 0.29) is 11.6 Å². The summed E-state index contributed by atoms with van der Waals surface area (Å²) < 4.78 is 0.508.